The lowest BCUT2D eigenvalue weighted by Gasteiger charge is -2.34. The van der Waals surface area contributed by atoms with Crippen molar-refractivity contribution < 1.29 is 4.79 Å². The Morgan fingerprint density at radius 3 is 2.30 bits per heavy atom. The lowest BCUT2D eigenvalue weighted by atomic mass is 10.1. The van der Waals surface area contributed by atoms with E-state index in [1.807, 2.05) is 29.2 Å². The van der Waals surface area contributed by atoms with Crippen molar-refractivity contribution in [2.24, 2.45) is 0 Å². The van der Waals surface area contributed by atoms with Crippen LogP contribution in [0.25, 0.3) is 11.0 Å². The summed E-state index contributed by atoms with van der Waals surface area (Å²) in [5, 5.41) is 0. The third kappa shape index (κ3) is 3.57. The van der Waals surface area contributed by atoms with Gasteiger partial charge in [0.25, 0.3) is 0 Å². The lowest BCUT2D eigenvalue weighted by Crippen LogP contribution is -2.45. The van der Waals surface area contributed by atoms with Crippen molar-refractivity contribution in [2.45, 2.75) is 72.5 Å². The van der Waals surface area contributed by atoms with Gasteiger partial charge in [-0.2, -0.15) is 0 Å². The zero-order valence-corrected chi connectivity index (χ0v) is 15.0. The largest absolute Gasteiger partial charge is 0.336 e. The molecule has 0 spiro atoms. The average Bonchev–Trinajstić information content (AvgIpc) is 2.92. The van der Waals surface area contributed by atoms with E-state index in [1.54, 1.807) is 0 Å². The SMILES string of the molecule is CCc1nc2ccccc2n1CC(=O)N(C(C)CC)C(C)CC. The summed E-state index contributed by atoms with van der Waals surface area (Å²) in [6.07, 6.45) is 2.78. The van der Waals surface area contributed by atoms with Crippen LogP contribution in [0, 0.1) is 0 Å². The molecular formula is C19H29N3O. The summed E-state index contributed by atoms with van der Waals surface area (Å²) < 4.78 is 2.08. The maximum absolute atomic E-state index is 13.0. The van der Waals surface area contributed by atoms with Gasteiger partial charge in [-0.15, -0.1) is 0 Å². The van der Waals surface area contributed by atoms with Crippen LogP contribution < -0.4 is 0 Å². The first kappa shape index (κ1) is 17.5. The molecule has 2 atom stereocenters. The van der Waals surface area contributed by atoms with E-state index in [-0.39, 0.29) is 18.0 Å². The van der Waals surface area contributed by atoms with E-state index in [0.29, 0.717) is 6.54 Å². The highest BCUT2D eigenvalue weighted by atomic mass is 16.2. The molecule has 0 bridgehead atoms. The second-order valence-electron chi connectivity index (χ2n) is 6.27. The molecule has 1 heterocycles. The number of benzene rings is 1. The van der Waals surface area contributed by atoms with Gasteiger partial charge in [0.1, 0.15) is 12.4 Å². The third-order valence-electron chi connectivity index (χ3n) is 4.76. The summed E-state index contributed by atoms with van der Waals surface area (Å²) in [5.41, 5.74) is 2.02. The van der Waals surface area contributed by atoms with Crippen LogP contribution in [0.4, 0.5) is 0 Å². The first-order valence-corrected chi connectivity index (χ1v) is 8.78. The molecular weight excluding hydrogens is 286 g/mol. The van der Waals surface area contributed by atoms with E-state index in [2.05, 4.69) is 44.2 Å². The van der Waals surface area contributed by atoms with Gasteiger partial charge in [-0.25, -0.2) is 4.98 Å². The number of hydrogen-bond acceptors (Lipinski definition) is 2. The van der Waals surface area contributed by atoms with Crippen LogP contribution in [0.1, 0.15) is 53.3 Å². The molecule has 126 valence electrons. The number of imidazole rings is 1. The number of amides is 1. The highest BCUT2D eigenvalue weighted by molar-refractivity contribution is 5.81. The minimum absolute atomic E-state index is 0.187. The molecule has 0 radical (unpaired) electrons. The lowest BCUT2D eigenvalue weighted by molar-refractivity contribution is -0.136. The molecule has 0 saturated carbocycles. The maximum atomic E-state index is 13.0. The van der Waals surface area contributed by atoms with Crippen molar-refractivity contribution in [2.75, 3.05) is 0 Å². The Labute approximate surface area is 139 Å². The van der Waals surface area contributed by atoms with Crippen molar-refractivity contribution in [3.05, 3.63) is 30.1 Å². The van der Waals surface area contributed by atoms with Crippen molar-refractivity contribution in [3.63, 3.8) is 0 Å². The predicted octanol–water partition coefficient (Wildman–Crippen LogP) is 4.02. The van der Waals surface area contributed by atoms with Gasteiger partial charge >= 0.3 is 0 Å². The molecule has 0 saturated heterocycles. The molecule has 2 aromatic rings. The summed E-state index contributed by atoms with van der Waals surface area (Å²) in [6.45, 7) is 11.0. The summed E-state index contributed by atoms with van der Waals surface area (Å²) in [5.74, 6) is 1.17. The van der Waals surface area contributed by atoms with Crippen molar-refractivity contribution in [1.29, 1.82) is 0 Å². The summed E-state index contributed by atoms with van der Waals surface area (Å²) in [4.78, 5) is 19.7. The number of rotatable bonds is 7. The molecule has 2 unspecified atom stereocenters. The fourth-order valence-electron chi connectivity index (χ4n) is 3.11. The number of carbonyl (C=O) groups is 1. The molecule has 23 heavy (non-hydrogen) atoms. The Kier molecular flexibility index (Phi) is 5.80. The van der Waals surface area contributed by atoms with E-state index >= 15 is 0 Å². The van der Waals surface area contributed by atoms with Crippen molar-refractivity contribution in [3.8, 4) is 0 Å². The minimum atomic E-state index is 0.187. The molecule has 1 amide bonds. The first-order chi connectivity index (χ1) is 11.0. The Morgan fingerprint density at radius 1 is 1.13 bits per heavy atom. The Bertz CT molecular complexity index is 652. The van der Waals surface area contributed by atoms with Crippen molar-refractivity contribution in [1.82, 2.24) is 14.5 Å². The molecule has 4 heteroatoms. The number of aromatic nitrogens is 2. The zero-order chi connectivity index (χ0) is 17.0. The highest BCUT2D eigenvalue weighted by Crippen LogP contribution is 2.19. The highest BCUT2D eigenvalue weighted by Gasteiger charge is 2.24. The third-order valence-corrected chi connectivity index (χ3v) is 4.76. The van der Waals surface area contributed by atoms with E-state index in [4.69, 9.17) is 0 Å². The number of para-hydroxylation sites is 2. The molecule has 0 aliphatic rings. The van der Waals surface area contributed by atoms with Crippen LogP contribution >= 0.6 is 0 Å². The molecule has 1 aromatic carbocycles. The molecule has 1 aromatic heterocycles. The van der Waals surface area contributed by atoms with Crippen LogP contribution in [0.5, 0.6) is 0 Å². The first-order valence-electron chi connectivity index (χ1n) is 8.78. The van der Waals surface area contributed by atoms with Gasteiger partial charge in [0.15, 0.2) is 0 Å². The number of aryl methyl sites for hydroxylation is 1. The smallest absolute Gasteiger partial charge is 0.243 e. The van der Waals surface area contributed by atoms with E-state index in [0.717, 1.165) is 36.1 Å². The van der Waals surface area contributed by atoms with Gasteiger partial charge in [0.2, 0.25) is 5.91 Å². The molecule has 0 N–H and O–H groups in total. The van der Waals surface area contributed by atoms with Crippen LogP contribution in [0.3, 0.4) is 0 Å². The van der Waals surface area contributed by atoms with Gasteiger partial charge in [-0.3, -0.25) is 4.79 Å². The zero-order valence-electron chi connectivity index (χ0n) is 15.0. The number of hydrogen-bond donors (Lipinski definition) is 0. The normalized spacial score (nSPS) is 14.0. The van der Waals surface area contributed by atoms with Crippen LogP contribution in [0.2, 0.25) is 0 Å². The summed E-state index contributed by atoms with van der Waals surface area (Å²) >= 11 is 0. The fraction of sp³-hybridized carbons (Fsp3) is 0.579. The Morgan fingerprint density at radius 2 is 1.74 bits per heavy atom. The standard InChI is InChI=1S/C19H29N3O/c1-6-14(4)22(15(5)7-2)19(23)13-21-17-12-10-9-11-16(17)20-18(21)8-3/h9-12,14-15H,6-8,13H2,1-5H3. The van der Waals surface area contributed by atoms with Gasteiger partial charge < -0.3 is 9.47 Å². The van der Waals surface area contributed by atoms with Crippen LogP contribution in [-0.2, 0) is 17.8 Å². The van der Waals surface area contributed by atoms with E-state index in [1.165, 1.54) is 0 Å². The number of carbonyl (C=O) groups excluding carboxylic acids is 1. The number of fused-ring (bicyclic) bond motifs is 1. The average molecular weight is 315 g/mol. The predicted molar refractivity (Wildman–Crippen MR) is 95.5 cm³/mol. The van der Waals surface area contributed by atoms with Gasteiger partial charge in [-0.05, 0) is 38.8 Å². The number of nitrogens with zero attached hydrogens (tertiary/aromatic N) is 3. The van der Waals surface area contributed by atoms with E-state index in [9.17, 15) is 4.79 Å². The molecule has 0 aliphatic carbocycles. The molecule has 0 fully saturated rings. The fourth-order valence-corrected chi connectivity index (χ4v) is 3.11. The second-order valence-corrected chi connectivity index (χ2v) is 6.27. The van der Waals surface area contributed by atoms with Gasteiger partial charge in [-0.1, -0.05) is 32.9 Å². The van der Waals surface area contributed by atoms with Crippen LogP contribution in [0.15, 0.2) is 24.3 Å². The summed E-state index contributed by atoms with van der Waals surface area (Å²) in [6, 6.07) is 8.58. The van der Waals surface area contributed by atoms with Crippen LogP contribution in [-0.4, -0.2) is 32.4 Å². The quantitative estimate of drug-likeness (QED) is 0.774. The topological polar surface area (TPSA) is 38.1 Å². The minimum Gasteiger partial charge on any atom is -0.336 e. The second kappa shape index (κ2) is 7.62. The van der Waals surface area contributed by atoms with E-state index < -0.39 is 0 Å². The van der Waals surface area contributed by atoms with Crippen molar-refractivity contribution >= 4 is 16.9 Å². The molecule has 2 rings (SSSR count). The summed E-state index contributed by atoms with van der Waals surface area (Å²) in [7, 11) is 0. The van der Waals surface area contributed by atoms with Gasteiger partial charge in [0.05, 0.1) is 11.0 Å². The molecule has 0 aliphatic heterocycles. The van der Waals surface area contributed by atoms with Gasteiger partial charge in [0, 0.05) is 18.5 Å². The molecule has 4 nitrogen and oxygen atoms in total. The Balaban J connectivity index is 2.34. The Hall–Kier alpha value is -1.84. The maximum Gasteiger partial charge on any atom is 0.243 e. The monoisotopic (exact) mass is 315 g/mol.